The quantitative estimate of drug-likeness (QED) is 0.585. The third kappa shape index (κ3) is 3.54. The molecule has 0 saturated carbocycles. The monoisotopic (exact) mass is 478 g/mol. The number of anilines is 2. The number of sulfonamides is 1. The highest BCUT2D eigenvalue weighted by Gasteiger charge is 2.39. The summed E-state index contributed by atoms with van der Waals surface area (Å²) >= 11 is 0. The molecule has 0 aliphatic carbocycles. The van der Waals surface area contributed by atoms with Gasteiger partial charge in [-0.2, -0.15) is 4.31 Å². The summed E-state index contributed by atoms with van der Waals surface area (Å²) in [6.45, 7) is 4.82. The number of fused-ring (bicyclic) bond motifs is 4. The SMILES string of the molecule is CC(C)[C@@H]1CN(c2ccccc2)c2cc3c(cc2S(=O)(=O)N1C)-c1cc(C(=O)O)ccc1CO3. The zero-order valence-corrected chi connectivity index (χ0v) is 20.0. The Balaban J connectivity index is 1.78. The molecule has 0 bridgehead atoms. The number of carboxylic acid groups (broad SMARTS) is 1. The maximum absolute atomic E-state index is 13.9. The van der Waals surface area contributed by atoms with E-state index in [0.717, 1.165) is 11.3 Å². The average Bonchev–Trinajstić information content (AvgIpc) is 2.91. The summed E-state index contributed by atoms with van der Waals surface area (Å²) in [4.78, 5) is 13.8. The standard InChI is InChI=1S/C26H26N2O5S/c1-16(2)23-14-28(19-7-5-4-6-8-19)22-13-24-21(12-25(22)34(31,32)27(23)3)20-11-17(26(29)30)9-10-18(20)15-33-24/h4-13,16,23H,14-15H2,1-3H3,(H,29,30)/t23-/m0/s1. The molecule has 3 aromatic carbocycles. The van der Waals surface area contributed by atoms with E-state index in [2.05, 4.69) is 0 Å². The first-order chi connectivity index (χ1) is 16.2. The van der Waals surface area contributed by atoms with Gasteiger partial charge in [0.2, 0.25) is 10.0 Å². The number of likely N-dealkylation sites (N-methyl/N-ethyl adjacent to an activating group) is 1. The summed E-state index contributed by atoms with van der Waals surface area (Å²) in [6, 6.07) is 17.7. The average molecular weight is 479 g/mol. The minimum Gasteiger partial charge on any atom is -0.488 e. The summed E-state index contributed by atoms with van der Waals surface area (Å²) in [5.74, 6) is -0.409. The van der Waals surface area contributed by atoms with Gasteiger partial charge in [-0.25, -0.2) is 13.2 Å². The van der Waals surface area contributed by atoms with Crippen molar-refractivity contribution < 1.29 is 23.1 Å². The van der Waals surface area contributed by atoms with E-state index in [4.69, 9.17) is 4.74 Å². The third-order valence-corrected chi connectivity index (χ3v) is 8.63. The molecular weight excluding hydrogens is 452 g/mol. The van der Waals surface area contributed by atoms with Gasteiger partial charge in [0.05, 0.1) is 11.3 Å². The van der Waals surface area contributed by atoms with Crippen LogP contribution in [0.5, 0.6) is 5.75 Å². The zero-order chi connectivity index (χ0) is 24.2. The van der Waals surface area contributed by atoms with Crippen LogP contribution in [-0.2, 0) is 16.6 Å². The van der Waals surface area contributed by atoms with Crippen LogP contribution in [0.15, 0.2) is 65.6 Å². The maximum atomic E-state index is 13.9. The lowest BCUT2D eigenvalue weighted by Crippen LogP contribution is -2.44. The molecular formula is C26H26N2O5S. The molecule has 8 heteroatoms. The van der Waals surface area contributed by atoms with Gasteiger partial charge in [0.1, 0.15) is 17.3 Å². The Labute approximate surface area is 199 Å². The van der Waals surface area contributed by atoms with E-state index in [1.807, 2.05) is 49.1 Å². The number of nitrogens with zero attached hydrogens (tertiary/aromatic N) is 2. The lowest BCUT2D eigenvalue weighted by atomic mass is 9.94. The normalized spacial score (nSPS) is 18.9. The van der Waals surface area contributed by atoms with Gasteiger partial charge in [-0.3, -0.25) is 0 Å². The first kappa shape index (κ1) is 22.4. The lowest BCUT2D eigenvalue weighted by molar-refractivity contribution is 0.0697. The summed E-state index contributed by atoms with van der Waals surface area (Å²) in [6.07, 6.45) is 0. The summed E-state index contributed by atoms with van der Waals surface area (Å²) in [5.41, 5.74) is 3.67. The van der Waals surface area contributed by atoms with Crippen LogP contribution in [0, 0.1) is 5.92 Å². The molecule has 5 rings (SSSR count). The van der Waals surface area contributed by atoms with Crippen molar-refractivity contribution >= 4 is 27.4 Å². The topological polar surface area (TPSA) is 87.2 Å². The Kier molecular flexibility index (Phi) is 5.37. The van der Waals surface area contributed by atoms with Crippen molar-refractivity contribution in [2.75, 3.05) is 18.5 Å². The molecule has 0 fully saturated rings. The van der Waals surface area contributed by atoms with Crippen molar-refractivity contribution in [2.45, 2.75) is 31.4 Å². The molecule has 1 atom stereocenters. The highest BCUT2D eigenvalue weighted by atomic mass is 32.2. The van der Waals surface area contributed by atoms with E-state index in [9.17, 15) is 18.3 Å². The predicted octanol–water partition coefficient (Wildman–Crippen LogP) is 4.74. The second-order valence-electron chi connectivity index (χ2n) is 9.06. The molecule has 34 heavy (non-hydrogen) atoms. The van der Waals surface area contributed by atoms with Gasteiger partial charge in [-0.1, -0.05) is 38.1 Å². The van der Waals surface area contributed by atoms with Crippen molar-refractivity contribution in [3.63, 3.8) is 0 Å². The molecule has 2 aliphatic rings. The van der Waals surface area contributed by atoms with E-state index >= 15 is 0 Å². The Morgan fingerprint density at radius 1 is 1.06 bits per heavy atom. The van der Waals surface area contributed by atoms with Crippen LogP contribution in [0.25, 0.3) is 11.1 Å². The van der Waals surface area contributed by atoms with E-state index in [1.165, 1.54) is 10.4 Å². The predicted molar refractivity (Wildman–Crippen MR) is 130 cm³/mol. The Morgan fingerprint density at radius 2 is 1.79 bits per heavy atom. The summed E-state index contributed by atoms with van der Waals surface area (Å²) < 4.78 is 35.2. The minimum absolute atomic E-state index is 0.0880. The van der Waals surface area contributed by atoms with Crippen LogP contribution >= 0.6 is 0 Å². The van der Waals surface area contributed by atoms with Gasteiger partial charge in [-0.05, 0) is 47.4 Å². The van der Waals surface area contributed by atoms with E-state index in [0.29, 0.717) is 29.1 Å². The highest BCUT2D eigenvalue weighted by Crippen LogP contribution is 2.46. The number of carbonyl (C=O) groups is 1. The van der Waals surface area contributed by atoms with Gasteiger partial charge >= 0.3 is 5.97 Å². The number of hydrogen-bond acceptors (Lipinski definition) is 5. The van der Waals surface area contributed by atoms with Gasteiger partial charge < -0.3 is 14.7 Å². The third-order valence-electron chi connectivity index (χ3n) is 6.71. The molecule has 0 amide bonds. The molecule has 3 aromatic rings. The van der Waals surface area contributed by atoms with Crippen molar-refractivity contribution in [1.82, 2.24) is 4.31 Å². The minimum atomic E-state index is -3.84. The van der Waals surface area contributed by atoms with Crippen molar-refractivity contribution in [2.24, 2.45) is 5.92 Å². The van der Waals surface area contributed by atoms with Crippen molar-refractivity contribution in [3.8, 4) is 16.9 Å². The van der Waals surface area contributed by atoms with Gasteiger partial charge in [0.15, 0.2) is 0 Å². The first-order valence-electron chi connectivity index (χ1n) is 11.2. The molecule has 0 radical (unpaired) electrons. The van der Waals surface area contributed by atoms with Crippen LogP contribution in [0.4, 0.5) is 11.4 Å². The van der Waals surface area contributed by atoms with E-state index in [-0.39, 0.29) is 29.0 Å². The highest BCUT2D eigenvalue weighted by molar-refractivity contribution is 7.89. The Hall–Kier alpha value is -3.36. The van der Waals surface area contributed by atoms with Crippen LogP contribution in [-0.4, -0.2) is 43.4 Å². The molecule has 176 valence electrons. The summed E-state index contributed by atoms with van der Waals surface area (Å²) in [5, 5.41) is 9.48. The molecule has 0 unspecified atom stereocenters. The summed E-state index contributed by atoms with van der Waals surface area (Å²) in [7, 11) is -2.21. The number of aromatic carboxylic acids is 1. The molecule has 2 aliphatic heterocycles. The van der Waals surface area contributed by atoms with Crippen LogP contribution in [0.3, 0.4) is 0 Å². The fourth-order valence-corrected chi connectivity index (χ4v) is 6.43. The van der Waals surface area contributed by atoms with Crippen molar-refractivity contribution in [3.05, 3.63) is 71.8 Å². The molecule has 7 nitrogen and oxygen atoms in total. The zero-order valence-electron chi connectivity index (χ0n) is 19.2. The fraction of sp³-hybridized carbons (Fsp3) is 0.269. The number of ether oxygens (including phenoxy) is 1. The van der Waals surface area contributed by atoms with Crippen LogP contribution < -0.4 is 9.64 Å². The smallest absolute Gasteiger partial charge is 0.335 e. The van der Waals surface area contributed by atoms with Gasteiger partial charge in [0, 0.05) is 37.0 Å². The Bertz CT molecular complexity index is 1390. The van der Waals surface area contributed by atoms with Gasteiger partial charge in [-0.15, -0.1) is 0 Å². The van der Waals surface area contributed by atoms with E-state index in [1.54, 1.807) is 31.3 Å². The number of carboxylic acids is 1. The lowest BCUT2D eigenvalue weighted by Gasteiger charge is -2.32. The fourth-order valence-electron chi connectivity index (χ4n) is 4.76. The van der Waals surface area contributed by atoms with Crippen molar-refractivity contribution in [1.29, 1.82) is 0 Å². The number of para-hydroxylation sites is 1. The molecule has 1 N–H and O–H groups in total. The molecule has 0 saturated heterocycles. The number of hydrogen-bond donors (Lipinski definition) is 1. The van der Waals surface area contributed by atoms with Gasteiger partial charge in [0.25, 0.3) is 0 Å². The number of rotatable bonds is 3. The Morgan fingerprint density at radius 3 is 2.47 bits per heavy atom. The maximum Gasteiger partial charge on any atom is 0.335 e. The van der Waals surface area contributed by atoms with Crippen LogP contribution in [0.2, 0.25) is 0 Å². The van der Waals surface area contributed by atoms with E-state index < -0.39 is 16.0 Å². The molecule has 0 aromatic heterocycles. The molecule has 0 spiro atoms. The second kappa shape index (κ2) is 8.14. The largest absolute Gasteiger partial charge is 0.488 e. The second-order valence-corrected chi connectivity index (χ2v) is 11.0. The van der Waals surface area contributed by atoms with Crippen LogP contribution in [0.1, 0.15) is 29.8 Å². The molecule has 2 heterocycles. The first-order valence-corrected chi connectivity index (χ1v) is 12.6. The number of benzene rings is 3.